The average molecular weight is 235 g/mol. The van der Waals surface area contributed by atoms with Crippen LogP contribution >= 0.6 is 0 Å². The second kappa shape index (κ2) is 7.46. The van der Waals surface area contributed by atoms with Gasteiger partial charge in [0.05, 0.1) is 6.10 Å². The SMILES string of the molecule is CCCOC(CNC(C)C)c1ccccc1C. The summed E-state index contributed by atoms with van der Waals surface area (Å²) >= 11 is 0. The van der Waals surface area contributed by atoms with Crippen molar-refractivity contribution >= 4 is 0 Å². The Balaban J connectivity index is 2.71. The lowest BCUT2D eigenvalue weighted by Crippen LogP contribution is -2.29. The van der Waals surface area contributed by atoms with Gasteiger partial charge in [-0.3, -0.25) is 0 Å². The second-order valence-corrected chi connectivity index (χ2v) is 4.78. The van der Waals surface area contributed by atoms with Gasteiger partial charge < -0.3 is 10.1 Å². The zero-order valence-electron chi connectivity index (χ0n) is 11.5. The molecule has 96 valence electrons. The minimum Gasteiger partial charge on any atom is -0.372 e. The van der Waals surface area contributed by atoms with Crippen molar-refractivity contribution in [3.8, 4) is 0 Å². The van der Waals surface area contributed by atoms with Crippen molar-refractivity contribution in [2.24, 2.45) is 0 Å². The summed E-state index contributed by atoms with van der Waals surface area (Å²) in [6.45, 7) is 10.3. The highest BCUT2D eigenvalue weighted by Gasteiger charge is 2.13. The molecule has 0 aliphatic rings. The second-order valence-electron chi connectivity index (χ2n) is 4.78. The minimum atomic E-state index is 0.165. The first-order valence-electron chi connectivity index (χ1n) is 6.55. The molecule has 0 bridgehead atoms. The molecule has 0 amide bonds. The molecule has 0 aliphatic heterocycles. The number of benzene rings is 1. The van der Waals surface area contributed by atoms with Gasteiger partial charge in [0.1, 0.15) is 0 Å². The zero-order valence-corrected chi connectivity index (χ0v) is 11.5. The van der Waals surface area contributed by atoms with E-state index in [1.165, 1.54) is 11.1 Å². The minimum absolute atomic E-state index is 0.165. The topological polar surface area (TPSA) is 21.3 Å². The van der Waals surface area contributed by atoms with E-state index in [2.05, 4.69) is 57.3 Å². The van der Waals surface area contributed by atoms with E-state index >= 15 is 0 Å². The van der Waals surface area contributed by atoms with E-state index in [4.69, 9.17) is 4.74 Å². The Morgan fingerprint density at radius 2 is 1.94 bits per heavy atom. The van der Waals surface area contributed by atoms with Gasteiger partial charge in [-0.1, -0.05) is 45.0 Å². The van der Waals surface area contributed by atoms with Crippen LogP contribution < -0.4 is 5.32 Å². The van der Waals surface area contributed by atoms with Crippen molar-refractivity contribution in [1.82, 2.24) is 5.32 Å². The molecule has 1 aromatic carbocycles. The smallest absolute Gasteiger partial charge is 0.0951 e. The average Bonchev–Trinajstić information content (AvgIpc) is 2.30. The van der Waals surface area contributed by atoms with E-state index in [1.807, 2.05) is 0 Å². The summed E-state index contributed by atoms with van der Waals surface area (Å²) < 4.78 is 5.95. The third kappa shape index (κ3) is 4.88. The molecule has 1 aromatic rings. The first-order valence-corrected chi connectivity index (χ1v) is 6.55. The quantitative estimate of drug-likeness (QED) is 0.781. The largest absolute Gasteiger partial charge is 0.372 e. The molecule has 2 nitrogen and oxygen atoms in total. The number of ether oxygens (including phenoxy) is 1. The molecular weight excluding hydrogens is 210 g/mol. The molecule has 0 radical (unpaired) electrons. The van der Waals surface area contributed by atoms with Crippen LogP contribution in [-0.2, 0) is 4.74 Å². The molecule has 0 saturated carbocycles. The number of hydrogen-bond acceptors (Lipinski definition) is 2. The Bertz CT molecular complexity index is 322. The van der Waals surface area contributed by atoms with Crippen molar-refractivity contribution < 1.29 is 4.74 Å². The summed E-state index contributed by atoms with van der Waals surface area (Å²) in [5.74, 6) is 0. The van der Waals surface area contributed by atoms with Gasteiger partial charge in [0.25, 0.3) is 0 Å². The summed E-state index contributed by atoms with van der Waals surface area (Å²) in [5.41, 5.74) is 2.60. The maximum absolute atomic E-state index is 5.95. The number of aryl methyl sites for hydroxylation is 1. The molecule has 17 heavy (non-hydrogen) atoms. The Morgan fingerprint density at radius 3 is 2.53 bits per heavy atom. The fraction of sp³-hybridized carbons (Fsp3) is 0.600. The molecule has 0 aromatic heterocycles. The lowest BCUT2D eigenvalue weighted by molar-refractivity contribution is 0.0513. The van der Waals surface area contributed by atoms with Crippen molar-refractivity contribution in [3.63, 3.8) is 0 Å². The molecule has 1 N–H and O–H groups in total. The van der Waals surface area contributed by atoms with Crippen LogP contribution in [0, 0.1) is 6.92 Å². The highest BCUT2D eigenvalue weighted by Crippen LogP contribution is 2.20. The predicted octanol–water partition coefficient (Wildman–Crippen LogP) is 3.46. The lowest BCUT2D eigenvalue weighted by Gasteiger charge is -2.21. The lowest BCUT2D eigenvalue weighted by atomic mass is 10.0. The third-order valence-corrected chi connectivity index (χ3v) is 2.77. The van der Waals surface area contributed by atoms with Crippen LogP contribution in [0.15, 0.2) is 24.3 Å². The van der Waals surface area contributed by atoms with E-state index in [0.29, 0.717) is 6.04 Å². The maximum Gasteiger partial charge on any atom is 0.0951 e. The van der Waals surface area contributed by atoms with Crippen molar-refractivity contribution in [1.29, 1.82) is 0 Å². The number of rotatable bonds is 7. The van der Waals surface area contributed by atoms with E-state index in [-0.39, 0.29) is 6.10 Å². The van der Waals surface area contributed by atoms with Crippen LogP contribution in [0.2, 0.25) is 0 Å². The zero-order chi connectivity index (χ0) is 12.7. The summed E-state index contributed by atoms with van der Waals surface area (Å²) in [6.07, 6.45) is 1.22. The van der Waals surface area contributed by atoms with Crippen molar-refractivity contribution in [2.45, 2.75) is 46.3 Å². The van der Waals surface area contributed by atoms with Crippen LogP contribution in [0.1, 0.15) is 44.4 Å². The van der Waals surface area contributed by atoms with Gasteiger partial charge in [-0.15, -0.1) is 0 Å². The predicted molar refractivity (Wildman–Crippen MR) is 73.3 cm³/mol. The standard InChI is InChI=1S/C15H25NO/c1-5-10-17-15(11-16-12(2)3)14-9-7-6-8-13(14)4/h6-9,12,15-16H,5,10-11H2,1-4H3. The van der Waals surface area contributed by atoms with Crippen LogP contribution in [0.5, 0.6) is 0 Å². The van der Waals surface area contributed by atoms with Crippen LogP contribution in [0.3, 0.4) is 0 Å². The Labute approximate surface area is 105 Å². The molecule has 0 fully saturated rings. The molecule has 0 spiro atoms. The van der Waals surface area contributed by atoms with Crippen LogP contribution in [0.25, 0.3) is 0 Å². The number of nitrogens with one attached hydrogen (secondary N) is 1. The normalized spacial score (nSPS) is 13.0. The van der Waals surface area contributed by atoms with E-state index in [0.717, 1.165) is 19.6 Å². The third-order valence-electron chi connectivity index (χ3n) is 2.77. The highest BCUT2D eigenvalue weighted by molar-refractivity contribution is 5.28. The molecule has 1 unspecified atom stereocenters. The maximum atomic E-state index is 5.95. The molecule has 0 saturated heterocycles. The Morgan fingerprint density at radius 1 is 1.24 bits per heavy atom. The van der Waals surface area contributed by atoms with Gasteiger partial charge in [0.2, 0.25) is 0 Å². The van der Waals surface area contributed by atoms with Crippen LogP contribution in [-0.4, -0.2) is 19.2 Å². The monoisotopic (exact) mass is 235 g/mol. The molecule has 0 aliphatic carbocycles. The molecule has 2 heteroatoms. The summed E-state index contributed by atoms with van der Waals surface area (Å²) in [7, 11) is 0. The molecule has 0 heterocycles. The first-order chi connectivity index (χ1) is 8.15. The van der Waals surface area contributed by atoms with Crippen molar-refractivity contribution in [2.75, 3.05) is 13.2 Å². The summed E-state index contributed by atoms with van der Waals surface area (Å²) in [4.78, 5) is 0. The van der Waals surface area contributed by atoms with Gasteiger partial charge in [0.15, 0.2) is 0 Å². The first kappa shape index (κ1) is 14.2. The van der Waals surface area contributed by atoms with Gasteiger partial charge in [-0.05, 0) is 24.5 Å². The highest BCUT2D eigenvalue weighted by atomic mass is 16.5. The van der Waals surface area contributed by atoms with Gasteiger partial charge in [0, 0.05) is 19.2 Å². The number of hydrogen-bond donors (Lipinski definition) is 1. The molecule has 1 atom stereocenters. The van der Waals surface area contributed by atoms with Crippen molar-refractivity contribution in [3.05, 3.63) is 35.4 Å². The van der Waals surface area contributed by atoms with Crippen LogP contribution in [0.4, 0.5) is 0 Å². The molecule has 1 rings (SSSR count). The van der Waals surface area contributed by atoms with Gasteiger partial charge in [-0.25, -0.2) is 0 Å². The summed E-state index contributed by atoms with van der Waals surface area (Å²) in [5, 5.41) is 3.46. The van der Waals surface area contributed by atoms with Gasteiger partial charge >= 0.3 is 0 Å². The molecular formula is C15H25NO. The van der Waals surface area contributed by atoms with E-state index in [9.17, 15) is 0 Å². The summed E-state index contributed by atoms with van der Waals surface area (Å²) in [6, 6.07) is 8.96. The van der Waals surface area contributed by atoms with Gasteiger partial charge in [-0.2, -0.15) is 0 Å². The Hall–Kier alpha value is -0.860. The fourth-order valence-electron chi connectivity index (χ4n) is 1.81. The van der Waals surface area contributed by atoms with E-state index < -0.39 is 0 Å². The Kier molecular flexibility index (Phi) is 6.23. The fourth-order valence-corrected chi connectivity index (χ4v) is 1.81. The van der Waals surface area contributed by atoms with E-state index in [1.54, 1.807) is 0 Å².